The Morgan fingerprint density at radius 3 is 2.93 bits per heavy atom. The van der Waals surface area contributed by atoms with Gasteiger partial charge in [0.2, 0.25) is 0 Å². The number of unbranched alkanes of at least 4 members (excludes halogenated alkanes) is 1. The van der Waals surface area contributed by atoms with E-state index in [-0.39, 0.29) is 0 Å². The van der Waals surface area contributed by atoms with Crippen LogP contribution in [0.4, 0.5) is 0 Å². The lowest BCUT2D eigenvalue weighted by molar-refractivity contribution is 0.179. The molecule has 0 spiro atoms. The third-order valence-electron chi connectivity index (χ3n) is 3.21. The molecule has 3 heteroatoms. The lowest BCUT2D eigenvalue weighted by Crippen LogP contribution is -2.30. The molecule has 1 atom stereocenters. The number of methoxy groups -OCH3 is 1. The summed E-state index contributed by atoms with van der Waals surface area (Å²) < 4.78 is 5.06. The van der Waals surface area contributed by atoms with Gasteiger partial charge in [0.05, 0.1) is 0 Å². The summed E-state index contributed by atoms with van der Waals surface area (Å²) in [4.78, 5) is 2.64. The van der Waals surface area contributed by atoms with E-state index in [9.17, 15) is 0 Å². The highest BCUT2D eigenvalue weighted by molar-refractivity contribution is 6.17. The number of nitrogens with zero attached hydrogens (tertiary/aromatic N) is 1. The van der Waals surface area contributed by atoms with Gasteiger partial charge in [0, 0.05) is 25.6 Å². The summed E-state index contributed by atoms with van der Waals surface area (Å²) in [6.07, 6.45) is 7.66. The molecule has 0 bridgehead atoms. The molecule has 0 aromatic carbocycles. The summed E-state index contributed by atoms with van der Waals surface area (Å²) in [5.74, 6) is 0.814. The Morgan fingerprint density at radius 1 is 1.33 bits per heavy atom. The third kappa shape index (κ3) is 5.19. The van der Waals surface area contributed by atoms with Gasteiger partial charge >= 0.3 is 0 Å². The highest BCUT2D eigenvalue weighted by Crippen LogP contribution is 2.21. The number of alkyl halides is 1. The molecule has 2 nitrogen and oxygen atoms in total. The predicted molar refractivity (Wildman–Crippen MR) is 65.7 cm³/mol. The molecule has 0 radical (unpaired) electrons. The molecule has 1 heterocycles. The van der Waals surface area contributed by atoms with Gasteiger partial charge in [-0.1, -0.05) is 0 Å². The fraction of sp³-hybridized carbons (Fsp3) is 1.00. The molecule has 1 fully saturated rings. The fourth-order valence-electron chi connectivity index (χ4n) is 2.39. The average Bonchev–Trinajstić information content (AvgIpc) is 2.69. The molecule has 1 rings (SSSR count). The van der Waals surface area contributed by atoms with E-state index in [0.29, 0.717) is 0 Å². The highest BCUT2D eigenvalue weighted by atomic mass is 35.5. The summed E-state index contributed by atoms with van der Waals surface area (Å²) in [5.41, 5.74) is 0. The van der Waals surface area contributed by atoms with Crippen LogP contribution in [0.15, 0.2) is 0 Å². The van der Waals surface area contributed by atoms with Crippen molar-refractivity contribution < 1.29 is 4.74 Å². The topological polar surface area (TPSA) is 12.5 Å². The second kappa shape index (κ2) is 8.37. The van der Waals surface area contributed by atoms with Gasteiger partial charge in [-0.25, -0.2) is 0 Å². The van der Waals surface area contributed by atoms with Crippen LogP contribution in [0.3, 0.4) is 0 Å². The van der Waals surface area contributed by atoms with E-state index < -0.39 is 0 Å². The average molecular weight is 234 g/mol. The summed E-state index contributed by atoms with van der Waals surface area (Å²) in [6.45, 7) is 3.44. The first-order valence-corrected chi connectivity index (χ1v) is 6.71. The molecule has 0 N–H and O–H groups in total. The van der Waals surface area contributed by atoms with Crippen LogP contribution < -0.4 is 0 Å². The molecule has 0 aromatic rings. The molecule has 1 saturated heterocycles. The van der Waals surface area contributed by atoms with Gasteiger partial charge in [0.25, 0.3) is 0 Å². The predicted octanol–water partition coefficient (Wildman–Crippen LogP) is 2.90. The molecular formula is C12H24ClNO. The van der Waals surface area contributed by atoms with Crippen molar-refractivity contribution in [2.75, 3.05) is 32.7 Å². The van der Waals surface area contributed by atoms with Gasteiger partial charge in [-0.05, 0) is 51.6 Å². The van der Waals surface area contributed by atoms with Crippen LogP contribution in [-0.4, -0.2) is 43.6 Å². The highest BCUT2D eigenvalue weighted by Gasteiger charge is 2.22. The molecule has 0 amide bonds. The zero-order valence-electron chi connectivity index (χ0n) is 9.88. The first kappa shape index (κ1) is 13.3. The van der Waals surface area contributed by atoms with Crippen LogP contribution in [0, 0.1) is 0 Å². The van der Waals surface area contributed by atoms with E-state index in [2.05, 4.69) is 4.90 Å². The molecular weight excluding hydrogens is 210 g/mol. The minimum atomic E-state index is 0.811. The summed E-state index contributed by atoms with van der Waals surface area (Å²) in [5, 5.41) is 0. The minimum Gasteiger partial charge on any atom is -0.385 e. The Hall–Kier alpha value is 0.210. The monoisotopic (exact) mass is 233 g/mol. The van der Waals surface area contributed by atoms with E-state index in [1.54, 1.807) is 7.11 Å². The number of likely N-dealkylation sites (tertiary alicyclic amines) is 1. The van der Waals surface area contributed by atoms with Gasteiger partial charge < -0.3 is 9.64 Å². The number of ether oxygens (including phenoxy) is 1. The lowest BCUT2D eigenvalue weighted by Gasteiger charge is -2.24. The largest absolute Gasteiger partial charge is 0.385 e. The summed E-state index contributed by atoms with van der Waals surface area (Å²) in [6, 6.07) is 0.811. The van der Waals surface area contributed by atoms with Crippen LogP contribution in [0.2, 0.25) is 0 Å². The van der Waals surface area contributed by atoms with Gasteiger partial charge in [0.1, 0.15) is 0 Å². The Kier molecular flexibility index (Phi) is 7.41. The Morgan fingerprint density at radius 2 is 2.20 bits per heavy atom. The lowest BCUT2D eigenvalue weighted by atomic mass is 10.1. The van der Waals surface area contributed by atoms with Crippen molar-refractivity contribution >= 4 is 11.6 Å². The van der Waals surface area contributed by atoms with Crippen molar-refractivity contribution in [1.82, 2.24) is 4.90 Å². The van der Waals surface area contributed by atoms with E-state index in [0.717, 1.165) is 18.5 Å². The Balaban J connectivity index is 2.09. The molecule has 0 aliphatic carbocycles. The third-order valence-corrected chi connectivity index (χ3v) is 3.48. The first-order valence-electron chi connectivity index (χ1n) is 6.17. The number of hydrogen-bond donors (Lipinski definition) is 0. The van der Waals surface area contributed by atoms with Crippen molar-refractivity contribution in [2.45, 2.75) is 44.6 Å². The normalized spacial score (nSPS) is 22.4. The van der Waals surface area contributed by atoms with Crippen molar-refractivity contribution in [3.63, 3.8) is 0 Å². The zero-order valence-corrected chi connectivity index (χ0v) is 10.6. The van der Waals surface area contributed by atoms with Crippen molar-refractivity contribution in [2.24, 2.45) is 0 Å². The van der Waals surface area contributed by atoms with Crippen LogP contribution in [0.1, 0.15) is 38.5 Å². The maximum Gasteiger partial charge on any atom is 0.0462 e. The number of hydrogen-bond acceptors (Lipinski definition) is 2. The Labute approximate surface area is 98.9 Å². The Bertz CT molecular complexity index is 155. The van der Waals surface area contributed by atoms with Crippen molar-refractivity contribution in [3.8, 4) is 0 Å². The fourth-order valence-corrected chi connectivity index (χ4v) is 2.54. The minimum absolute atomic E-state index is 0.811. The molecule has 1 unspecified atom stereocenters. The summed E-state index contributed by atoms with van der Waals surface area (Å²) in [7, 11) is 1.78. The molecule has 1 aliphatic rings. The van der Waals surface area contributed by atoms with E-state index in [1.807, 2.05) is 0 Å². The molecule has 15 heavy (non-hydrogen) atoms. The second-order valence-corrected chi connectivity index (χ2v) is 4.74. The van der Waals surface area contributed by atoms with Crippen LogP contribution in [-0.2, 0) is 4.74 Å². The quantitative estimate of drug-likeness (QED) is 0.472. The standard InChI is InChI=1S/C12H24ClNO/c1-15-11-3-2-9-14-10-5-7-12(14)6-4-8-13/h12H,2-11H2,1H3. The van der Waals surface area contributed by atoms with Crippen LogP contribution in [0.25, 0.3) is 0 Å². The maximum atomic E-state index is 5.74. The first-order chi connectivity index (χ1) is 7.38. The van der Waals surface area contributed by atoms with Crippen LogP contribution >= 0.6 is 11.6 Å². The van der Waals surface area contributed by atoms with Gasteiger partial charge in [-0.3, -0.25) is 0 Å². The van der Waals surface area contributed by atoms with Gasteiger partial charge in [-0.15, -0.1) is 11.6 Å². The second-order valence-electron chi connectivity index (χ2n) is 4.36. The SMILES string of the molecule is COCCCCN1CCCC1CCCCl. The van der Waals surface area contributed by atoms with Gasteiger partial charge in [-0.2, -0.15) is 0 Å². The zero-order chi connectivity index (χ0) is 10.9. The number of halogens is 1. The van der Waals surface area contributed by atoms with E-state index in [1.165, 1.54) is 51.6 Å². The number of rotatable bonds is 8. The summed E-state index contributed by atoms with van der Waals surface area (Å²) >= 11 is 5.74. The van der Waals surface area contributed by atoms with E-state index in [4.69, 9.17) is 16.3 Å². The molecule has 0 aromatic heterocycles. The molecule has 0 saturated carbocycles. The smallest absolute Gasteiger partial charge is 0.0462 e. The van der Waals surface area contributed by atoms with Gasteiger partial charge in [0.15, 0.2) is 0 Å². The van der Waals surface area contributed by atoms with Crippen molar-refractivity contribution in [3.05, 3.63) is 0 Å². The van der Waals surface area contributed by atoms with E-state index >= 15 is 0 Å². The van der Waals surface area contributed by atoms with Crippen molar-refractivity contribution in [1.29, 1.82) is 0 Å². The van der Waals surface area contributed by atoms with Crippen LogP contribution in [0.5, 0.6) is 0 Å². The molecule has 90 valence electrons. The molecule has 1 aliphatic heterocycles. The maximum absolute atomic E-state index is 5.74.